The fraction of sp³-hybridized carbons (Fsp3) is 0.0667. The number of hydrogen-bond acceptors (Lipinski definition) is 4. The molecule has 0 fully saturated rings. The van der Waals surface area contributed by atoms with E-state index in [0.717, 1.165) is 0 Å². The Morgan fingerprint density at radius 3 is 2.62 bits per heavy atom. The van der Waals surface area contributed by atoms with Crippen molar-refractivity contribution in [3.05, 3.63) is 75.3 Å². The summed E-state index contributed by atoms with van der Waals surface area (Å²) in [7, 11) is 0. The third kappa shape index (κ3) is 3.73. The monoisotopic (exact) mass is 283 g/mol. The normalized spacial score (nSPS) is 10.5. The molecule has 0 atom stereocenters. The highest BCUT2D eigenvalue weighted by Crippen LogP contribution is 2.18. The highest BCUT2D eigenvalue weighted by Gasteiger charge is 2.10. The Balaban J connectivity index is 2.07. The fourth-order valence-electron chi connectivity index (χ4n) is 1.72. The lowest BCUT2D eigenvalue weighted by atomic mass is 10.1. The average molecular weight is 283 g/mol. The Hall–Kier alpha value is -3.02. The maximum absolute atomic E-state index is 11.7. The Morgan fingerprint density at radius 2 is 1.95 bits per heavy atom. The van der Waals surface area contributed by atoms with Crippen LogP contribution in [0.5, 0.6) is 0 Å². The van der Waals surface area contributed by atoms with Gasteiger partial charge in [0.25, 0.3) is 11.6 Å². The van der Waals surface area contributed by atoms with Gasteiger partial charge in [-0.05, 0) is 19.1 Å². The first-order chi connectivity index (χ1) is 10.1. The largest absolute Gasteiger partial charge is 0.272 e. The van der Waals surface area contributed by atoms with E-state index in [0.29, 0.717) is 16.7 Å². The van der Waals surface area contributed by atoms with Crippen molar-refractivity contribution in [3.63, 3.8) is 0 Å². The minimum absolute atomic E-state index is 0.0216. The summed E-state index contributed by atoms with van der Waals surface area (Å²) in [6.45, 7) is 1.66. The topological polar surface area (TPSA) is 84.6 Å². The number of rotatable bonds is 4. The molecule has 0 radical (unpaired) electrons. The van der Waals surface area contributed by atoms with E-state index in [4.69, 9.17) is 0 Å². The predicted molar refractivity (Wildman–Crippen MR) is 79.3 cm³/mol. The molecule has 1 amide bonds. The molecule has 106 valence electrons. The fourth-order valence-corrected chi connectivity index (χ4v) is 1.72. The lowest BCUT2D eigenvalue weighted by Crippen LogP contribution is -2.17. The van der Waals surface area contributed by atoms with E-state index >= 15 is 0 Å². The second-order valence-electron chi connectivity index (χ2n) is 4.37. The van der Waals surface area contributed by atoms with Crippen LogP contribution in [0.4, 0.5) is 5.69 Å². The van der Waals surface area contributed by atoms with Crippen molar-refractivity contribution in [1.29, 1.82) is 0 Å². The quantitative estimate of drug-likeness (QED) is 0.532. The van der Waals surface area contributed by atoms with E-state index in [1.54, 1.807) is 43.3 Å². The van der Waals surface area contributed by atoms with Crippen LogP contribution in [0.25, 0.3) is 0 Å². The molecule has 1 N–H and O–H groups in total. The molecule has 0 unspecified atom stereocenters. The Morgan fingerprint density at radius 1 is 1.24 bits per heavy atom. The van der Waals surface area contributed by atoms with Crippen LogP contribution in [0, 0.1) is 17.0 Å². The van der Waals surface area contributed by atoms with Crippen LogP contribution < -0.4 is 5.43 Å². The molecule has 2 aromatic rings. The SMILES string of the molecule is Cc1ccc(/C=N\NC(=O)c2ccccc2)cc1[N+](=O)[O-]. The van der Waals surface area contributed by atoms with Gasteiger partial charge in [0, 0.05) is 22.8 Å². The number of carbonyl (C=O) groups is 1. The Labute approximate surface area is 121 Å². The van der Waals surface area contributed by atoms with Gasteiger partial charge in [-0.2, -0.15) is 5.10 Å². The van der Waals surface area contributed by atoms with Gasteiger partial charge in [0.05, 0.1) is 11.1 Å². The predicted octanol–water partition coefficient (Wildman–Crippen LogP) is 2.67. The van der Waals surface area contributed by atoms with E-state index in [1.807, 2.05) is 6.07 Å². The van der Waals surface area contributed by atoms with Gasteiger partial charge >= 0.3 is 0 Å². The summed E-state index contributed by atoms with van der Waals surface area (Å²) in [4.78, 5) is 22.1. The minimum atomic E-state index is -0.449. The molecular weight excluding hydrogens is 270 g/mol. The number of nitrogens with zero attached hydrogens (tertiary/aromatic N) is 2. The van der Waals surface area contributed by atoms with Gasteiger partial charge in [-0.15, -0.1) is 0 Å². The van der Waals surface area contributed by atoms with Crippen molar-refractivity contribution in [3.8, 4) is 0 Å². The van der Waals surface area contributed by atoms with Gasteiger partial charge in [-0.25, -0.2) is 5.43 Å². The number of aryl methyl sites for hydroxylation is 1. The second kappa shape index (κ2) is 6.42. The molecule has 0 heterocycles. The van der Waals surface area contributed by atoms with Crippen LogP contribution in [0.3, 0.4) is 0 Å². The van der Waals surface area contributed by atoms with E-state index in [1.165, 1.54) is 12.3 Å². The second-order valence-corrected chi connectivity index (χ2v) is 4.37. The van der Waals surface area contributed by atoms with Gasteiger partial charge in [0.2, 0.25) is 0 Å². The standard InChI is InChI=1S/C15H13N3O3/c1-11-7-8-12(9-14(11)18(20)21)10-16-17-15(19)13-5-3-2-4-6-13/h2-10H,1H3,(H,17,19)/b16-10-. The number of nitro benzene ring substituents is 1. The van der Waals surface area contributed by atoms with Crippen LogP contribution >= 0.6 is 0 Å². The summed E-state index contributed by atoms with van der Waals surface area (Å²) in [6, 6.07) is 13.4. The van der Waals surface area contributed by atoms with Gasteiger partial charge in [-0.1, -0.05) is 30.3 Å². The van der Waals surface area contributed by atoms with Crippen LogP contribution in [-0.4, -0.2) is 17.0 Å². The average Bonchev–Trinajstić information content (AvgIpc) is 2.49. The molecule has 2 rings (SSSR count). The van der Waals surface area contributed by atoms with Crippen LogP contribution in [0.15, 0.2) is 53.6 Å². The van der Waals surface area contributed by atoms with E-state index in [9.17, 15) is 14.9 Å². The molecule has 0 aromatic heterocycles. The van der Waals surface area contributed by atoms with E-state index in [-0.39, 0.29) is 11.6 Å². The van der Waals surface area contributed by atoms with E-state index < -0.39 is 4.92 Å². The van der Waals surface area contributed by atoms with E-state index in [2.05, 4.69) is 10.5 Å². The minimum Gasteiger partial charge on any atom is -0.267 e. The molecule has 0 saturated heterocycles. The lowest BCUT2D eigenvalue weighted by molar-refractivity contribution is -0.385. The lowest BCUT2D eigenvalue weighted by Gasteiger charge is -2.00. The van der Waals surface area contributed by atoms with Crippen molar-refractivity contribution in [1.82, 2.24) is 5.43 Å². The third-order valence-electron chi connectivity index (χ3n) is 2.85. The first kappa shape index (κ1) is 14.4. The summed E-state index contributed by atoms with van der Waals surface area (Å²) in [5, 5.41) is 14.6. The van der Waals surface area contributed by atoms with Crippen LogP contribution in [0.2, 0.25) is 0 Å². The molecule has 0 aliphatic rings. The van der Waals surface area contributed by atoms with Crippen LogP contribution in [-0.2, 0) is 0 Å². The highest BCUT2D eigenvalue weighted by atomic mass is 16.6. The van der Waals surface area contributed by atoms with Crippen molar-refractivity contribution >= 4 is 17.8 Å². The zero-order valence-electron chi connectivity index (χ0n) is 11.3. The van der Waals surface area contributed by atoms with Crippen molar-refractivity contribution in [2.24, 2.45) is 5.10 Å². The number of benzene rings is 2. The molecule has 6 nitrogen and oxygen atoms in total. The highest BCUT2D eigenvalue weighted by molar-refractivity contribution is 5.94. The van der Waals surface area contributed by atoms with Crippen molar-refractivity contribution in [2.75, 3.05) is 0 Å². The first-order valence-electron chi connectivity index (χ1n) is 6.21. The molecule has 21 heavy (non-hydrogen) atoms. The summed E-state index contributed by atoms with van der Waals surface area (Å²) >= 11 is 0. The summed E-state index contributed by atoms with van der Waals surface area (Å²) in [6.07, 6.45) is 1.37. The molecule has 0 aliphatic carbocycles. The van der Waals surface area contributed by atoms with Crippen LogP contribution in [0.1, 0.15) is 21.5 Å². The van der Waals surface area contributed by atoms with Gasteiger partial charge in [-0.3, -0.25) is 14.9 Å². The molecule has 0 saturated carbocycles. The van der Waals surface area contributed by atoms with Crippen molar-refractivity contribution in [2.45, 2.75) is 6.92 Å². The zero-order chi connectivity index (χ0) is 15.2. The number of hydrazone groups is 1. The molecule has 0 bridgehead atoms. The summed E-state index contributed by atoms with van der Waals surface area (Å²) in [5.74, 6) is -0.339. The third-order valence-corrected chi connectivity index (χ3v) is 2.85. The number of amides is 1. The van der Waals surface area contributed by atoms with Gasteiger partial charge < -0.3 is 0 Å². The zero-order valence-corrected chi connectivity index (χ0v) is 11.3. The molecule has 0 spiro atoms. The Bertz CT molecular complexity index is 697. The molecule has 0 aliphatic heterocycles. The smallest absolute Gasteiger partial charge is 0.267 e. The Kier molecular flexibility index (Phi) is 4.40. The van der Waals surface area contributed by atoms with Gasteiger partial charge in [0.15, 0.2) is 0 Å². The number of nitro groups is 1. The number of hydrogen-bond donors (Lipinski definition) is 1. The molecule has 2 aromatic carbocycles. The molecular formula is C15H13N3O3. The first-order valence-corrected chi connectivity index (χ1v) is 6.21. The number of nitrogens with one attached hydrogen (secondary N) is 1. The number of carbonyl (C=O) groups excluding carboxylic acids is 1. The summed E-state index contributed by atoms with van der Waals surface area (Å²) in [5.41, 5.74) is 4.00. The van der Waals surface area contributed by atoms with Gasteiger partial charge in [0.1, 0.15) is 0 Å². The van der Waals surface area contributed by atoms with Crippen molar-refractivity contribution < 1.29 is 9.72 Å². The maximum Gasteiger partial charge on any atom is 0.272 e. The molecule has 6 heteroatoms. The maximum atomic E-state index is 11.7. The summed E-state index contributed by atoms with van der Waals surface area (Å²) < 4.78 is 0.